The van der Waals surface area contributed by atoms with E-state index < -0.39 is 41.4 Å². The summed E-state index contributed by atoms with van der Waals surface area (Å²) in [5.41, 5.74) is 3.52. The van der Waals surface area contributed by atoms with Crippen molar-refractivity contribution in [2.45, 2.75) is 50.9 Å². The van der Waals surface area contributed by atoms with Gasteiger partial charge in [0.15, 0.2) is 6.23 Å². The van der Waals surface area contributed by atoms with Crippen LogP contribution in [0.3, 0.4) is 0 Å². The summed E-state index contributed by atoms with van der Waals surface area (Å²) in [5, 5.41) is 21.8. The van der Waals surface area contributed by atoms with Crippen molar-refractivity contribution in [1.29, 1.82) is 0 Å². The fourth-order valence-corrected chi connectivity index (χ4v) is 5.39. The Kier molecular flexibility index (Phi) is 7.94. The maximum Gasteiger partial charge on any atom is 0.330 e. The summed E-state index contributed by atoms with van der Waals surface area (Å²) in [6.45, 7) is 5.95. The molecule has 2 heterocycles. The molecule has 0 unspecified atom stereocenters. The molecule has 208 valence electrons. The lowest BCUT2D eigenvalue weighted by atomic mass is 9.79. The van der Waals surface area contributed by atoms with Gasteiger partial charge >= 0.3 is 5.69 Å². The van der Waals surface area contributed by atoms with Crippen LogP contribution in [0, 0.1) is 20.8 Å². The van der Waals surface area contributed by atoms with Gasteiger partial charge < -0.3 is 19.7 Å². The third kappa shape index (κ3) is 5.23. The average Bonchev–Trinajstić information content (AvgIpc) is 3.22. The summed E-state index contributed by atoms with van der Waals surface area (Å²) < 4.78 is 14.0. The summed E-state index contributed by atoms with van der Waals surface area (Å²) >= 11 is 3.10. The molecule has 1 aliphatic heterocycles. The molecule has 40 heavy (non-hydrogen) atoms. The van der Waals surface area contributed by atoms with Crippen molar-refractivity contribution in [3.05, 3.63) is 138 Å². The van der Waals surface area contributed by atoms with Gasteiger partial charge in [-0.2, -0.15) is 0 Å². The highest BCUT2D eigenvalue weighted by Crippen LogP contribution is 2.42. The lowest BCUT2D eigenvalue weighted by molar-refractivity contribution is -0.0959. The molecule has 3 aromatic carbocycles. The van der Waals surface area contributed by atoms with Crippen molar-refractivity contribution in [2.24, 2.45) is 0 Å². The summed E-state index contributed by atoms with van der Waals surface area (Å²) in [6.07, 6.45) is -3.75. The number of aryl methyl sites for hydroxylation is 3. The highest BCUT2D eigenvalue weighted by atomic mass is 79.9. The van der Waals surface area contributed by atoms with Gasteiger partial charge in [-0.25, -0.2) is 4.79 Å². The fraction of sp³-hybridized carbons (Fsp3) is 0.290. The number of hydrogen-bond acceptors (Lipinski definition) is 6. The largest absolute Gasteiger partial charge is 0.387 e. The molecule has 0 radical (unpaired) electrons. The van der Waals surface area contributed by atoms with Crippen LogP contribution in [0.5, 0.6) is 0 Å². The van der Waals surface area contributed by atoms with Crippen LogP contribution in [0.25, 0.3) is 0 Å². The molecule has 1 saturated heterocycles. The average molecular weight is 608 g/mol. The van der Waals surface area contributed by atoms with Crippen LogP contribution in [-0.2, 0) is 15.1 Å². The third-order valence-electron chi connectivity index (χ3n) is 7.37. The van der Waals surface area contributed by atoms with E-state index in [1.165, 1.54) is 6.20 Å². The summed E-state index contributed by atoms with van der Waals surface area (Å²) in [7, 11) is 0. The number of H-pyrrole nitrogens is 1. The van der Waals surface area contributed by atoms with Gasteiger partial charge in [0.1, 0.15) is 23.9 Å². The molecule has 1 aliphatic rings. The predicted molar refractivity (Wildman–Crippen MR) is 154 cm³/mol. The van der Waals surface area contributed by atoms with E-state index in [9.17, 15) is 19.8 Å². The van der Waals surface area contributed by atoms with Gasteiger partial charge in [-0.1, -0.05) is 89.5 Å². The Labute approximate surface area is 240 Å². The Hall–Kier alpha value is -3.34. The molecule has 1 aromatic heterocycles. The molecule has 8 nitrogen and oxygen atoms in total. The van der Waals surface area contributed by atoms with E-state index in [0.29, 0.717) is 0 Å². The Balaban J connectivity index is 1.56. The van der Waals surface area contributed by atoms with E-state index in [1.807, 2.05) is 93.6 Å². The Morgan fingerprint density at radius 3 is 1.73 bits per heavy atom. The number of aliphatic hydroxyl groups excluding tert-OH is 2. The standard InChI is InChI=1S/C31H31BrN2O6/c1-18-4-10-21(11-5-18)31(22-12-6-19(2)7-13-22,23-14-8-20(3)9-15-23)39-17-25-26(35)27(36)29(40-25)34-16-24(32)28(37)33-30(34)38/h4-16,25-27,29,35-36H,17H2,1-3H3,(H,33,37,38)/t25-,26-,27-,29-/m1/s1. The van der Waals surface area contributed by atoms with Crippen LogP contribution in [0.1, 0.15) is 39.6 Å². The van der Waals surface area contributed by atoms with Crippen molar-refractivity contribution in [3.63, 3.8) is 0 Å². The molecular formula is C31H31BrN2O6. The summed E-state index contributed by atoms with van der Waals surface area (Å²) in [5.74, 6) is 0. The van der Waals surface area contributed by atoms with Crippen molar-refractivity contribution in [1.82, 2.24) is 9.55 Å². The minimum atomic E-state index is -1.43. The van der Waals surface area contributed by atoms with Crippen LogP contribution in [0.2, 0.25) is 0 Å². The Morgan fingerprint density at radius 1 is 0.825 bits per heavy atom. The molecule has 0 saturated carbocycles. The monoisotopic (exact) mass is 606 g/mol. The molecule has 4 atom stereocenters. The highest BCUT2D eigenvalue weighted by Gasteiger charge is 2.46. The molecule has 9 heteroatoms. The number of benzene rings is 3. The van der Waals surface area contributed by atoms with E-state index in [2.05, 4.69) is 20.9 Å². The number of aromatic nitrogens is 2. The van der Waals surface area contributed by atoms with Gasteiger partial charge in [-0.3, -0.25) is 14.3 Å². The lowest BCUT2D eigenvalue weighted by Crippen LogP contribution is -2.40. The fourth-order valence-electron chi connectivity index (χ4n) is 5.07. The van der Waals surface area contributed by atoms with Crippen LogP contribution in [0.15, 0.2) is 93.1 Å². The molecular weight excluding hydrogens is 576 g/mol. The van der Waals surface area contributed by atoms with E-state index in [-0.39, 0.29) is 11.1 Å². The topological polar surface area (TPSA) is 114 Å². The zero-order valence-electron chi connectivity index (χ0n) is 22.4. The van der Waals surface area contributed by atoms with Gasteiger partial charge in [0.05, 0.1) is 11.1 Å². The van der Waals surface area contributed by atoms with Crippen LogP contribution in [0.4, 0.5) is 0 Å². The SMILES string of the molecule is Cc1ccc(C(OC[C@H]2O[C@@H](n3cc(Br)c(=O)[nH]c3=O)[C@H](O)[C@@H]2O)(c2ccc(C)cc2)c2ccc(C)cc2)cc1. The van der Waals surface area contributed by atoms with Crippen LogP contribution in [-0.4, -0.2) is 44.7 Å². The number of nitrogens with one attached hydrogen (secondary N) is 1. The second-order valence-corrected chi connectivity index (χ2v) is 11.1. The normalized spacial score (nSPS) is 21.1. The Bertz CT molecular complexity index is 1480. The zero-order valence-corrected chi connectivity index (χ0v) is 24.0. The van der Waals surface area contributed by atoms with E-state index in [0.717, 1.165) is 37.9 Å². The van der Waals surface area contributed by atoms with Crippen LogP contribution < -0.4 is 11.2 Å². The van der Waals surface area contributed by atoms with Gasteiger partial charge in [0.25, 0.3) is 5.56 Å². The zero-order chi connectivity index (χ0) is 28.6. The molecule has 3 N–H and O–H groups in total. The Morgan fingerprint density at radius 2 is 1.27 bits per heavy atom. The lowest BCUT2D eigenvalue weighted by Gasteiger charge is -2.37. The quantitative estimate of drug-likeness (QED) is 0.275. The van der Waals surface area contributed by atoms with Gasteiger partial charge in [0, 0.05) is 6.20 Å². The first-order chi connectivity index (χ1) is 19.1. The number of ether oxygens (including phenoxy) is 2. The first-order valence-corrected chi connectivity index (χ1v) is 13.8. The molecule has 1 fully saturated rings. The van der Waals surface area contributed by atoms with Crippen LogP contribution >= 0.6 is 15.9 Å². The first kappa shape index (κ1) is 28.2. The van der Waals surface area contributed by atoms with Gasteiger partial charge in [-0.15, -0.1) is 0 Å². The summed E-state index contributed by atoms with van der Waals surface area (Å²) in [6, 6.07) is 24.3. The number of hydrogen-bond donors (Lipinski definition) is 3. The molecule has 0 bridgehead atoms. The first-order valence-electron chi connectivity index (χ1n) is 13.0. The predicted octanol–water partition coefficient (Wildman–Crippen LogP) is 3.85. The number of aromatic amines is 1. The second kappa shape index (κ2) is 11.3. The van der Waals surface area contributed by atoms with Crippen molar-refractivity contribution in [2.75, 3.05) is 6.61 Å². The van der Waals surface area contributed by atoms with Gasteiger partial charge in [-0.05, 0) is 53.4 Å². The summed E-state index contributed by atoms with van der Waals surface area (Å²) in [4.78, 5) is 26.5. The molecule has 5 rings (SSSR count). The highest BCUT2D eigenvalue weighted by molar-refractivity contribution is 9.10. The van der Waals surface area contributed by atoms with Crippen molar-refractivity contribution in [3.8, 4) is 0 Å². The maximum atomic E-state index is 12.5. The van der Waals surface area contributed by atoms with Crippen molar-refractivity contribution >= 4 is 15.9 Å². The number of rotatable bonds is 7. The van der Waals surface area contributed by atoms with Crippen molar-refractivity contribution < 1.29 is 19.7 Å². The minimum Gasteiger partial charge on any atom is -0.387 e. The second-order valence-electron chi connectivity index (χ2n) is 10.3. The smallest absolute Gasteiger partial charge is 0.330 e. The number of aliphatic hydroxyl groups is 2. The van der Waals surface area contributed by atoms with Gasteiger partial charge in [0.2, 0.25) is 0 Å². The number of halogens is 1. The third-order valence-corrected chi connectivity index (χ3v) is 7.94. The number of nitrogens with zero attached hydrogens (tertiary/aromatic N) is 1. The molecule has 0 spiro atoms. The minimum absolute atomic E-state index is 0.0919. The maximum absolute atomic E-state index is 12.5. The van der Waals surface area contributed by atoms with E-state index in [1.54, 1.807) is 0 Å². The molecule has 4 aromatic rings. The van der Waals surface area contributed by atoms with E-state index >= 15 is 0 Å². The van der Waals surface area contributed by atoms with E-state index in [4.69, 9.17) is 9.47 Å². The molecule has 0 aliphatic carbocycles. The molecule has 0 amide bonds.